The zero-order valence-electron chi connectivity index (χ0n) is 10.8. The van der Waals surface area contributed by atoms with E-state index in [1.165, 1.54) is 4.88 Å². The molecule has 0 saturated carbocycles. The van der Waals surface area contributed by atoms with Gasteiger partial charge in [0.05, 0.1) is 5.92 Å². The average molecular weight is 352 g/mol. The Hall–Kier alpha value is -1.17. The molecule has 0 amide bonds. The molecule has 5 heteroatoms. The molecule has 2 heterocycles. The van der Waals surface area contributed by atoms with Gasteiger partial charge in [0.1, 0.15) is 0 Å². The summed E-state index contributed by atoms with van der Waals surface area (Å²) < 4.78 is 1.10. The van der Waals surface area contributed by atoms with Gasteiger partial charge in [-0.1, -0.05) is 24.3 Å². The number of benzene rings is 1. The topological polar surface area (TPSA) is 40.5 Å². The molecule has 1 N–H and O–H groups in total. The molecule has 3 nitrogen and oxygen atoms in total. The first-order valence-corrected chi connectivity index (χ1v) is 8.07. The van der Waals surface area contributed by atoms with Crippen LogP contribution in [0.25, 0.3) is 0 Å². The van der Waals surface area contributed by atoms with Crippen LogP contribution in [0.4, 0.5) is 0 Å². The van der Waals surface area contributed by atoms with Crippen LogP contribution in [0.2, 0.25) is 0 Å². The molecule has 1 atom stereocenters. The number of carbonyl (C=O) groups is 1. The number of nitrogens with zero attached hydrogens (tertiary/aromatic N) is 1. The largest absolute Gasteiger partial charge is 0.481 e. The van der Waals surface area contributed by atoms with Gasteiger partial charge < -0.3 is 5.11 Å². The summed E-state index contributed by atoms with van der Waals surface area (Å²) in [4.78, 5) is 14.9. The summed E-state index contributed by atoms with van der Waals surface area (Å²) in [6, 6.07) is 9.89. The van der Waals surface area contributed by atoms with E-state index in [0.29, 0.717) is 6.54 Å². The van der Waals surface area contributed by atoms with Crippen LogP contribution < -0.4 is 0 Å². The summed E-state index contributed by atoms with van der Waals surface area (Å²) in [6.45, 7) is 2.16. The Morgan fingerprint density at radius 1 is 1.40 bits per heavy atom. The predicted molar refractivity (Wildman–Crippen MR) is 83.0 cm³/mol. The van der Waals surface area contributed by atoms with Gasteiger partial charge in [-0.25, -0.2) is 0 Å². The zero-order valence-corrected chi connectivity index (χ0v) is 13.2. The number of aliphatic carboxylic acids is 1. The Kier molecular flexibility index (Phi) is 3.92. The van der Waals surface area contributed by atoms with Crippen LogP contribution in [0, 0.1) is 0 Å². The van der Waals surface area contributed by atoms with Crippen LogP contribution in [0.3, 0.4) is 0 Å². The van der Waals surface area contributed by atoms with E-state index in [9.17, 15) is 9.90 Å². The SMILES string of the molecule is O=C(O)C1CN(Cc2sccc2Br)Cc2ccccc21. The Morgan fingerprint density at radius 2 is 2.20 bits per heavy atom. The van der Waals surface area contributed by atoms with Crippen molar-refractivity contribution in [2.75, 3.05) is 6.54 Å². The lowest BCUT2D eigenvalue weighted by Gasteiger charge is -2.32. The van der Waals surface area contributed by atoms with Crippen molar-refractivity contribution in [2.45, 2.75) is 19.0 Å². The van der Waals surface area contributed by atoms with Crippen molar-refractivity contribution in [3.8, 4) is 0 Å². The molecule has 0 bridgehead atoms. The maximum absolute atomic E-state index is 11.5. The first-order valence-electron chi connectivity index (χ1n) is 6.40. The van der Waals surface area contributed by atoms with Crippen LogP contribution in [-0.2, 0) is 17.9 Å². The molecule has 1 aliphatic heterocycles. The highest BCUT2D eigenvalue weighted by molar-refractivity contribution is 9.10. The van der Waals surface area contributed by atoms with E-state index in [1.807, 2.05) is 35.7 Å². The molecule has 1 aromatic carbocycles. The molecule has 0 fully saturated rings. The Labute approximate surface area is 130 Å². The predicted octanol–water partition coefficient (Wildman–Crippen LogP) is 3.69. The molecule has 3 rings (SSSR count). The quantitative estimate of drug-likeness (QED) is 0.916. The fourth-order valence-electron chi connectivity index (χ4n) is 2.65. The summed E-state index contributed by atoms with van der Waals surface area (Å²) in [6.07, 6.45) is 0. The molecule has 0 saturated heterocycles. The van der Waals surface area contributed by atoms with Crippen molar-refractivity contribution >= 4 is 33.2 Å². The Balaban J connectivity index is 1.86. The van der Waals surface area contributed by atoms with Crippen LogP contribution in [0.5, 0.6) is 0 Å². The van der Waals surface area contributed by atoms with Gasteiger partial charge in [-0.2, -0.15) is 0 Å². The number of hydrogen-bond donors (Lipinski definition) is 1. The first-order chi connectivity index (χ1) is 9.65. The molecule has 1 aromatic heterocycles. The molecule has 0 aliphatic carbocycles. The van der Waals surface area contributed by atoms with Gasteiger partial charge >= 0.3 is 5.97 Å². The number of carboxylic acids is 1. The minimum atomic E-state index is -0.743. The molecule has 1 unspecified atom stereocenters. The van der Waals surface area contributed by atoms with Crippen LogP contribution in [0.1, 0.15) is 21.9 Å². The summed E-state index contributed by atoms with van der Waals surface area (Å²) in [5, 5.41) is 11.5. The fraction of sp³-hybridized carbons (Fsp3) is 0.267. The van der Waals surface area contributed by atoms with Gasteiger partial charge in [-0.3, -0.25) is 9.69 Å². The highest BCUT2D eigenvalue weighted by Gasteiger charge is 2.30. The zero-order chi connectivity index (χ0) is 14.1. The van der Waals surface area contributed by atoms with E-state index in [4.69, 9.17) is 0 Å². The fourth-order valence-corrected chi connectivity index (χ4v) is 4.17. The van der Waals surface area contributed by atoms with Gasteiger partial charge in [0, 0.05) is 29.0 Å². The molecular weight excluding hydrogens is 338 g/mol. The second kappa shape index (κ2) is 5.68. The molecule has 0 spiro atoms. The van der Waals surface area contributed by atoms with E-state index in [2.05, 4.69) is 20.8 Å². The van der Waals surface area contributed by atoms with Crippen molar-refractivity contribution < 1.29 is 9.90 Å². The second-order valence-electron chi connectivity index (χ2n) is 4.95. The van der Waals surface area contributed by atoms with Crippen LogP contribution >= 0.6 is 27.3 Å². The van der Waals surface area contributed by atoms with Gasteiger partial charge in [-0.15, -0.1) is 11.3 Å². The molecule has 20 heavy (non-hydrogen) atoms. The normalized spacial score (nSPS) is 18.8. The van der Waals surface area contributed by atoms with Gasteiger partial charge in [0.2, 0.25) is 0 Å². The number of rotatable bonds is 3. The van der Waals surface area contributed by atoms with Gasteiger partial charge in [0.25, 0.3) is 0 Å². The Morgan fingerprint density at radius 3 is 2.90 bits per heavy atom. The van der Waals surface area contributed by atoms with Crippen molar-refractivity contribution in [1.29, 1.82) is 0 Å². The lowest BCUT2D eigenvalue weighted by atomic mass is 9.90. The number of fused-ring (bicyclic) bond motifs is 1. The minimum absolute atomic E-state index is 0.432. The van der Waals surface area contributed by atoms with E-state index in [0.717, 1.165) is 28.7 Å². The maximum atomic E-state index is 11.5. The molecule has 104 valence electrons. The Bertz CT molecular complexity index is 640. The van der Waals surface area contributed by atoms with E-state index < -0.39 is 11.9 Å². The van der Waals surface area contributed by atoms with Crippen LogP contribution in [0.15, 0.2) is 40.2 Å². The lowest BCUT2D eigenvalue weighted by molar-refractivity contribution is -0.139. The highest BCUT2D eigenvalue weighted by Crippen LogP contribution is 2.31. The van der Waals surface area contributed by atoms with E-state index >= 15 is 0 Å². The smallest absolute Gasteiger partial charge is 0.312 e. The molecule has 0 radical (unpaired) electrons. The second-order valence-corrected chi connectivity index (χ2v) is 6.81. The first kappa shape index (κ1) is 13.8. The van der Waals surface area contributed by atoms with Gasteiger partial charge in [0.15, 0.2) is 0 Å². The minimum Gasteiger partial charge on any atom is -0.481 e. The van der Waals surface area contributed by atoms with Crippen molar-refractivity contribution in [2.24, 2.45) is 0 Å². The maximum Gasteiger partial charge on any atom is 0.312 e. The monoisotopic (exact) mass is 351 g/mol. The highest BCUT2D eigenvalue weighted by atomic mass is 79.9. The van der Waals surface area contributed by atoms with Crippen molar-refractivity contribution in [3.63, 3.8) is 0 Å². The third kappa shape index (κ3) is 2.66. The summed E-state index contributed by atoms with van der Waals surface area (Å²) in [5.74, 6) is -1.17. The number of hydrogen-bond acceptors (Lipinski definition) is 3. The van der Waals surface area contributed by atoms with Crippen molar-refractivity contribution in [3.05, 3.63) is 56.2 Å². The van der Waals surface area contributed by atoms with Crippen molar-refractivity contribution in [1.82, 2.24) is 4.90 Å². The third-order valence-electron chi connectivity index (χ3n) is 3.62. The number of thiophene rings is 1. The average Bonchev–Trinajstić information content (AvgIpc) is 2.83. The molecule has 1 aliphatic rings. The standard InChI is InChI=1S/C15H14BrNO2S/c16-13-5-6-20-14(13)9-17-7-10-3-1-2-4-11(10)12(8-17)15(18)19/h1-6,12H,7-9H2,(H,18,19). The number of carboxylic acid groups (broad SMARTS) is 1. The summed E-state index contributed by atoms with van der Waals surface area (Å²) in [7, 11) is 0. The van der Waals surface area contributed by atoms with Crippen LogP contribution in [-0.4, -0.2) is 22.5 Å². The third-order valence-corrected chi connectivity index (χ3v) is 5.53. The van der Waals surface area contributed by atoms with E-state index in [-0.39, 0.29) is 0 Å². The summed E-state index contributed by atoms with van der Waals surface area (Å²) >= 11 is 5.23. The van der Waals surface area contributed by atoms with E-state index in [1.54, 1.807) is 11.3 Å². The molecule has 2 aromatic rings. The lowest BCUT2D eigenvalue weighted by Crippen LogP contribution is -2.36. The van der Waals surface area contributed by atoms with Gasteiger partial charge in [-0.05, 0) is 38.5 Å². The summed E-state index contributed by atoms with van der Waals surface area (Å²) in [5.41, 5.74) is 2.08. The molecular formula is C15H14BrNO2S. The number of halogens is 1.